The Morgan fingerprint density at radius 1 is 1.35 bits per heavy atom. The third kappa shape index (κ3) is 2.66. The summed E-state index contributed by atoms with van der Waals surface area (Å²) in [6.45, 7) is 0. The Balaban J connectivity index is 2.39. The molecule has 1 aliphatic rings. The van der Waals surface area contributed by atoms with Crippen molar-refractivity contribution in [2.24, 2.45) is 5.73 Å². The van der Waals surface area contributed by atoms with Crippen LogP contribution in [0.3, 0.4) is 0 Å². The molecule has 0 bridgehead atoms. The minimum atomic E-state index is -4.62. The molecule has 0 heterocycles. The molecule has 0 unspecified atom stereocenters. The quantitative estimate of drug-likeness (QED) is 0.863. The molecule has 1 fully saturated rings. The molecule has 1 aromatic carbocycles. The maximum atomic E-state index is 12.6. The molecule has 0 spiro atoms. The number of rotatable bonds is 2. The molecular formula is C11H11ClF3NO. The van der Waals surface area contributed by atoms with E-state index in [1.165, 1.54) is 6.07 Å². The van der Waals surface area contributed by atoms with E-state index in [4.69, 9.17) is 17.3 Å². The lowest BCUT2D eigenvalue weighted by atomic mass is 10.0. The van der Waals surface area contributed by atoms with Gasteiger partial charge in [-0.15, -0.1) is 0 Å². The first-order chi connectivity index (χ1) is 7.71. The second-order valence-electron chi connectivity index (χ2n) is 4.51. The van der Waals surface area contributed by atoms with Gasteiger partial charge in [-0.2, -0.15) is 13.2 Å². The molecule has 0 aliphatic heterocycles. The zero-order valence-corrected chi connectivity index (χ0v) is 9.57. The number of aromatic hydroxyl groups is 1. The van der Waals surface area contributed by atoms with Gasteiger partial charge >= 0.3 is 6.18 Å². The number of hydrogen-bond acceptors (Lipinski definition) is 2. The van der Waals surface area contributed by atoms with Crippen molar-refractivity contribution in [1.29, 1.82) is 0 Å². The van der Waals surface area contributed by atoms with Gasteiger partial charge in [0.25, 0.3) is 0 Å². The smallest absolute Gasteiger partial charge is 0.420 e. The van der Waals surface area contributed by atoms with Crippen molar-refractivity contribution in [1.82, 2.24) is 0 Å². The van der Waals surface area contributed by atoms with Crippen LogP contribution in [0.15, 0.2) is 12.1 Å². The van der Waals surface area contributed by atoms with Gasteiger partial charge in [-0.05, 0) is 37.0 Å². The van der Waals surface area contributed by atoms with Crippen LogP contribution in [0.1, 0.15) is 24.0 Å². The fourth-order valence-corrected chi connectivity index (χ4v) is 1.96. The summed E-state index contributed by atoms with van der Waals surface area (Å²) in [5.74, 6) is -0.926. The Morgan fingerprint density at radius 3 is 2.41 bits per heavy atom. The maximum Gasteiger partial charge on any atom is 0.420 e. The van der Waals surface area contributed by atoms with E-state index < -0.39 is 23.0 Å². The van der Waals surface area contributed by atoms with Crippen LogP contribution >= 0.6 is 11.6 Å². The first-order valence-corrected chi connectivity index (χ1v) is 5.47. The average Bonchev–Trinajstić information content (AvgIpc) is 2.87. The maximum absolute atomic E-state index is 12.6. The molecule has 0 aromatic heterocycles. The Labute approximate surface area is 101 Å². The summed E-state index contributed by atoms with van der Waals surface area (Å²) in [7, 11) is 0. The summed E-state index contributed by atoms with van der Waals surface area (Å²) in [4.78, 5) is 0. The Hall–Kier alpha value is -0.940. The summed E-state index contributed by atoms with van der Waals surface area (Å²) in [6.07, 6.45) is -2.68. The van der Waals surface area contributed by atoms with Crippen molar-refractivity contribution >= 4 is 11.6 Å². The fourth-order valence-electron chi connectivity index (χ4n) is 1.72. The molecule has 0 amide bonds. The van der Waals surface area contributed by atoms with Gasteiger partial charge in [0.1, 0.15) is 5.75 Å². The molecule has 0 atom stereocenters. The van der Waals surface area contributed by atoms with Crippen LogP contribution in [-0.4, -0.2) is 10.6 Å². The highest BCUT2D eigenvalue weighted by Gasteiger charge is 2.40. The molecule has 0 radical (unpaired) electrons. The van der Waals surface area contributed by atoms with Gasteiger partial charge in [-0.1, -0.05) is 11.6 Å². The number of phenolic OH excluding ortho intramolecular Hbond substituents is 1. The predicted molar refractivity (Wildman–Crippen MR) is 58.0 cm³/mol. The van der Waals surface area contributed by atoms with Gasteiger partial charge in [0, 0.05) is 5.54 Å². The van der Waals surface area contributed by atoms with Crippen molar-refractivity contribution in [3.05, 3.63) is 28.3 Å². The molecule has 1 saturated carbocycles. The molecule has 1 aromatic rings. The third-order valence-corrected chi connectivity index (χ3v) is 3.17. The van der Waals surface area contributed by atoms with Gasteiger partial charge in [0.15, 0.2) is 0 Å². The van der Waals surface area contributed by atoms with E-state index in [1.54, 1.807) is 0 Å². The highest BCUT2D eigenvalue weighted by Crippen LogP contribution is 2.42. The van der Waals surface area contributed by atoms with Gasteiger partial charge in [-0.25, -0.2) is 0 Å². The van der Waals surface area contributed by atoms with Crippen molar-refractivity contribution < 1.29 is 18.3 Å². The van der Waals surface area contributed by atoms with E-state index in [-0.39, 0.29) is 5.02 Å². The number of nitrogens with two attached hydrogens (primary N) is 1. The third-order valence-electron chi connectivity index (χ3n) is 2.88. The standard InChI is InChI=1S/C11H11ClF3NO/c12-8-4-6(5-10(16)1-2-10)3-7(9(8)17)11(13,14)15/h3-4,17H,1-2,5,16H2. The van der Waals surface area contributed by atoms with Crippen molar-refractivity contribution in [3.8, 4) is 5.75 Å². The lowest BCUT2D eigenvalue weighted by Crippen LogP contribution is -2.24. The monoisotopic (exact) mass is 265 g/mol. The molecular weight excluding hydrogens is 255 g/mol. The Bertz CT molecular complexity index is 455. The first kappa shape index (κ1) is 12.5. The minimum Gasteiger partial charge on any atom is -0.506 e. The van der Waals surface area contributed by atoms with Crippen LogP contribution in [0.25, 0.3) is 0 Å². The van der Waals surface area contributed by atoms with E-state index in [0.717, 1.165) is 18.9 Å². The van der Waals surface area contributed by atoms with E-state index >= 15 is 0 Å². The van der Waals surface area contributed by atoms with Crippen molar-refractivity contribution in [2.45, 2.75) is 31.0 Å². The zero-order valence-electron chi connectivity index (χ0n) is 8.81. The first-order valence-electron chi connectivity index (χ1n) is 5.09. The fraction of sp³-hybridized carbons (Fsp3) is 0.455. The van der Waals surface area contributed by atoms with Crippen molar-refractivity contribution in [2.75, 3.05) is 0 Å². The van der Waals surface area contributed by atoms with Gasteiger partial charge in [0.05, 0.1) is 10.6 Å². The molecule has 94 valence electrons. The lowest BCUT2D eigenvalue weighted by molar-refractivity contribution is -0.138. The topological polar surface area (TPSA) is 46.2 Å². The largest absolute Gasteiger partial charge is 0.506 e. The molecule has 0 saturated heterocycles. The van der Waals surface area contributed by atoms with E-state index in [0.29, 0.717) is 12.0 Å². The Kier molecular flexibility index (Phi) is 2.78. The Morgan fingerprint density at radius 2 is 1.94 bits per heavy atom. The minimum absolute atomic E-state index is 0.293. The molecule has 2 rings (SSSR count). The summed E-state index contributed by atoms with van der Waals surface area (Å²) in [5, 5.41) is 9.00. The van der Waals surface area contributed by atoms with Crippen LogP contribution in [-0.2, 0) is 12.6 Å². The molecule has 3 N–H and O–H groups in total. The van der Waals surface area contributed by atoms with Crippen molar-refractivity contribution in [3.63, 3.8) is 0 Å². The second-order valence-corrected chi connectivity index (χ2v) is 4.92. The number of halogens is 4. The highest BCUT2D eigenvalue weighted by molar-refractivity contribution is 6.32. The van der Waals surface area contributed by atoms with Gasteiger partial charge in [0.2, 0.25) is 0 Å². The summed E-state index contributed by atoms with van der Waals surface area (Å²) in [6, 6.07) is 2.24. The number of benzene rings is 1. The number of alkyl halides is 3. The van der Waals surface area contributed by atoms with Crippen LogP contribution in [0.2, 0.25) is 5.02 Å². The highest BCUT2D eigenvalue weighted by atomic mass is 35.5. The van der Waals surface area contributed by atoms with E-state index in [1.807, 2.05) is 0 Å². The number of hydrogen-bond donors (Lipinski definition) is 2. The molecule has 1 aliphatic carbocycles. The second kappa shape index (κ2) is 3.78. The van der Waals surface area contributed by atoms with Gasteiger partial charge < -0.3 is 10.8 Å². The van der Waals surface area contributed by atoms with E-state index in [9.17, 15) is 18.3 Å². The van der Waals surface area contributed by atoms with Crippen LogP contribution in [0.5, 0.6) is 5.75 Å². The summed E-state index contributed by atoms with van der Waals surface area (Å²) >= 11 is 5.58. The summed E-state index contributed by atoms with van der Waals surface area (Å²) < 4.78 is 37.8. The van der Waals surface area contributed by atoms with Crippen LogP contribution < -0.4 is 5.73 Å². The summed E-state index contributed by atoms with van der Waals surface area (Å²) in [5.41, 5.74) is 4.74. The SMILES string of the molecule is NC1(Cc2cc(Cl)c(O)c(C(F)(F)F)c2)CC1. The predicted octanol–water partition coefficient (Wildman–Crippen LogP) is 3.10. The molecule has 17 heavy (non-hydrogen) atoms. The van der Waals surface area contributed by atoms with Gasteiger partial charge in [-0.3, -0.25) is 0 Å². The zero-order chi connectivity index (χ0) is 12.8. The normalized spacial score (nSPS) is 18.2. The lowest BCUT2D eigenvalue weighted by Gasteiger charge is -2.14. The molecule has 2 nitrogen and oxygen atoms in total. The average molecular weight is 266 g/mol. The van der Waals surface area contributed by atoms with Crippen LogP contribution in [0.4, 0.5) is 13.2 Å². The van der Waals surface area contributed by atoms with Crippen LogP contribution in [0, 0.1) is 0 Å². The van der Waals surface area contributed by atoms with E-state index in [2.05, 4.69) is 0 Å². The number of phenols is 1. The molecule has 6 heteroatoms.